The molecule has 0 atom stereocenters. The Morgan fingerprint density at radius 3 is 2.56 bits per heavy atom. The van der Waals surface area contributed by atoms with Crippen LogP contribution in [-0.4, -0.2) is 41.2 Å². The van der Waals surface area contributed by atoms with E-state index in [1.165, 1.54) is 32.6 Å². The third-order valence-electron chi connectivity index (χ3n) is 1.67. The first-order chi connectivity index (χ1) is 4.29. The van der Waals surface area contributed by atoms with Gasteiger partial charge in [-0.1, -0.05) is 0 Å². The lowest BCUT2D eigenvalue weighted by molar-refractivity contribution is 0.177. The summed E-state index contributed by atoms with van der Waals surface area (Å²) >= 11 is 2.32. The molecule has 0 aromatic rings. The van der Waals surface area contributed by atoms with Crippen LogP contribution in [0.25, 0.3) is 0 Å². The van der Waals surface area contributed by atoms with E-state index in [0.717, 1.165) is 0 Å². The second-order valence-electron chi connectivity index (χ2n) is 2.52. The third-order valence-corrected chi connectivity index (χ3v) is 2.16. The Balaban J connectivity index is 1.91. The third kappa shape index (κ3) is 2.82. The van der Waals surface area contributed by atoms with E-state index in [1.807, 2.05) is 0 Å². The maximum Gasteiger partial charge on any atom is 0.0206 e. The van der Waals surface area contributed by atoms with Crippen molar-refractivity contribution in [1.29, 1.82) is 0 Å². The van der Waals surface area contributed by atoms with Gasteiger partial charge in [-0.25, -0.2) is 3.11 Å². The molecule has 0 spiro atoms. The number of likely N-dealkylation sites (N-methyl/N-ethyl adjacent to an activating group) is 1. The first-order valence-electron chi connectivity index (χ1n) is 3.38. The van der Waals surface area contributed by atoms with Crippen molar-refractivity contribution in [2.24, 2.45) is 0 Å². The zero-order chi connectivity index (χ0) is 6.69. The number of likely N-dealkylation sites (tertiary alicyclic amines) is 1. The molecule has 0 amide bonds. The van der Waals surface area contributed by atoms with Gasteiger partial charge in [-0.15, -0.1) is 0 Å². The molecular weight excluding hydrogens is 227 g/mol. The van der Waals surface area contributed by atoms with Gasteiger partial charge in [-0.2, -0.15) is 0 Å². The predicted molar refractivity (Wildman–Crippen MR) is 47.7 cm³/mol. The van der Waals surface area contributed by atoms with E-state index in [1.54, 1.807) is 0 Å². The molecule has 1 fully saturated rings. The lowest BCUT2D eigenvalue weighted by atomic mass is 10.2. The van der Waals surface area contributed by atoms with Crippen molar-refractivity contribution < 1.29 is 0 Å². The van der Waals surface area contributed by atoms with Crippen LogP contribution in [0, 0.1) is 0 Å². The number of hydrogen-bond acceptors (Lipinski definition) is 2. The summed E-state index contributed by atoms with van der Waals surface area (Å²) in [5, 5.41) is 0. The summed E-state index contributed by atoms with van der Waals surface area (Å²) in [5.41, 5.74) is 0. The SMILES string of the molecule is CN(I)CCN1CCC1. The minimum atomic E-state index is 1.19. The minimum absolute atomic E-state index is 1.19. The molecule has 0 aromatic heterocycles. The van der Waals surface area contributed by atoms with Gasteiger partial charge in [0.05, 0.1) is 0 Å². The van der Waals surface area contributed by atoms with Gasteiger partial charge in [0, 0.05) is 36.0 Å². The van der Waals surface area contributed by atoms with Crippen LogP contribution in [0.3, 0.4) is 0 Å². The number of rotatable bonds is 3. The molecule has 1 heterocycles. The highest BCUT2D eigenvalue weighted by Gasteiger charge is 2.12. The second-order valence-corrected chi connectivity index (χ2v) is 4.17. The number of hydrogen-bond donors (Lipinski definition) is 0. The Morgan fingerprint density at radius 2 is 2.22 bits per heavy atom. The van der Waals surface area contributed by atoms with Gasteiger partial charge < -0.3 is 4.90 Å². The maximum atomic E-state index is 2.48. The van der Waals surface area contributed by atoms with Crippen LogP contribution in [0.4, 0.5) is 0 Å². The first-order valence-corrected chi connectivity index (χ1v) is 4.35. The molecule has 2 nitrogen and oxygen atoms in total. The van der Waals surface area contributed by atoms with E-state index in [9.17, 15) is 0 Å². The van der Waals surface area contributed by atoms with E-state index in [2.05, 4.69) is 37.9 Å². The maximum absolute atomic E-state index is 2.48. The van der Waals surface area contributed by atoms with E-state index < -0.39 is 0 Å². The highest BCUT2D eigenvalue weighted by Crippen LogP contribution is 2.05. The summed E-state index contributed by atoms with van der Waals surface area (Å²) in [6, 6.07) is 0. The predicted octanol–water partition coefficient (Wildman–Crippen LogP) is 0.974. The molecule has 0 radical (unpaired) electrons. The molecule has 0 saturated carbocycles. The van der Waals surface area contributed by atoms with Crippen molar-refractivity contribution >= 4 is 22.9 Å². The van der Waals surface area contributed by atoms with Crippen molar-refractivity contribution in [3.05, 3.63) is 0 Å². The smallest absolute Gasteiger partial charge is 0.0206 e. The van der Waals surface area contributed by atoms with Gasteiger partial charge >= 0.3 is 0 Å². The van der Waals surface area contributed by atoms with Gasteiger partial charge in [0.2, 0.25) is 0 Å². The molecule has 0 N–H and O–H groups in total. The Labute approximate surface area is 70.7 Å². The topological polar surface area (TPSA) is 6.48 Å². The van der Waals surface area contributed by atoms with Crippen molar-refractivity contribution in [2.45, 2.75) is 6.42 Å². The quantitative estimate of drug-likeness (QED) is 0.535. The molecule has 0 aromatic carbocycles. The Hall–Kier alpha value is 0.650. The largest absolute Gasteiger partial charge is 0.302 e. The molecule has 1 aliphatic heterocycles. The lowest BCUT2D eigenvalue weighted by Crippen LogP contribution is -2.40. The summed E-state index contributed by atoms with van der Waals surface area (Å²) in [7, 11) is 2.11. The fourth-order valence-electron chi connectivity index (χ4n) is 0.885. The number of halogens is 1. The zero-order valence-corrected chi connectivity index (χ0v) is 7.97. The monoisotopic (exact) mass is 240 g/mol. The fourth-order valence-corrected chi connectivity index (χ4v) is 1.10. The fraction of sp³-hybridized carbons (Fsp3) is 1.00. The lowest BCUT2D eigenvalue weighted by Gasteiger charge is -2.31. The van der Waals surface area contributed by atoms with Crippen molar-refractivity contribution in [1.82, 2.24) is 8.01 Å². The first kappa shape index (κ1) is 7.75. The van der Waals surface area contributed by atoms with Gasteiger partial charge in [0.25, 0.3) is 0 Å². The van der Waals surface area contributed by atoms with Crippen LogP contribution in [-0.2, 0) is 0 Å². The minimum Gasteiger partial charge on any atom is -0.302 e. The van der Waals surface area contributed by atoms with Gasteiger partial charge in [0.15, 0.2) is 0 Å². The highest BCUT2D eigenvalue weighted by atomic mass is 127. The van der Waals surface area contributed by atoms with Gasteiger partial charge in [0.1, 0.15) is 0 Å². The second kappa shape index (κ2) is 3.73. The Kier molecular flexibility index (Phi) is 3.21. The zero-order valence-electron chi connectivity index (χ0n) is 5.81. The van der Waals surface area contributed by atoms with Gasteiger partial charge in [-0.05, 0) is 26.6 Å². The van der Waals surface area contributed by atoms with Crippen molar-refractivity contribution in [2.75, 3.05) is 33.2 Å². The molecule has 54 valence electrons. The normalized spacial score (nSPS) is 20.3. The van der Waals surface area contributed by atoms with E-state index in [-0.39, 0.29) is 0 Å². The standard InChI is InChI=1S/C6H13IN2/c1-8(7)5-6-9-3-2-4-9/h2-6H2,1H3. The average Bonchev–Trinajstić information content (AvgIpc) is 1.60. The van der Waals surface area contributed by atoms with E-state index >= 15 is 0 Å². The molecule has 9 heavy (non-hydrogen) atoms. The molecule has 0 aliphatic carbocycles. The van der Waals surface area contributed by atoms with Crippen LogP contribution >= 0.6 is 22.9 Å². The van der Waals surface area contributed by atoms with Crippen LogP contribution < -0.4 is 0 Å². The van der Waals surface area contributed by atoms with Crippen molar-refractivity contribution in [3.8, 4) is 0 Å². The highest BCUT2D eigenvalue weighted by molar-refractivity contribution is 14.1. The Bertz CT molecular complexity index is 81.1. The van der Waals surface area contributed by atoms with Crippen molar-refractivity contribution in [3.63, 3.8) is 0 Å². The molecule has 0 unspecified atom stereocenters. The molecule has 3 heteroatoms. The Morgan fingerprint density at radius 1 is 1.56 bits per heavy atom. The molecule has 1 saturated heterocycles. The van der Waals surface area contributed by atoms with E-state index in [0.29, 0.717) is 0 Å². The average molecular weight is 240 g/mol. The van der Waals surface area contributed by atoms with Crippen LogP contribution in [0.2, 0.25) is 0 Å². The number of nitrogens with zero attached hydrogens (tertiary/aromatic N) is 2. The van der Waals surface area contributed by atoms with Crippen LogP contribution in [0.15, 0.2) is 0 Å². The molecule has 0 bridgehead atoms. The van der Waals surface area contributed by atoms with Crippen LogP contribution in [0.5, 0.6) is 0 Å². The molecule has 1 aliphatic rings. The van der Waals surface area contributed by atoms with Gasteiger partial charge in [-0.3, -0.25) is 0 Å². The summed E-state index contributed by atoms with van der Waals surface area (Å²) in [5.74, 6) is 0. The van der Waals surface area contributed by atoms with Crippen LogP contribution in [0.1, 0.15) is 6.42 Å². The van der Waals surface area contributed by atoms with E-state index in [4.69, 9.17) is 0 Å². The summed E-state index contributed by atoms with van der Waals surface area (Å²) in [6.45, 7) is 5.09. The summed E-state index contributed by atoms with van der Waals surface area (Å²) < 4.78 is 2.20. The summed E-state index contributed by atoms with van der Waals surface area (Å²) in [4.78, 5) is 2.48. The molecular formula is C6H13IN2. The summed E-state index contributed by atoms with van der Waals surface area (Å²) in [6.07, 6.45) is 1.41. The molecule has 1 rings (SSSR count).